The summed E-state index contributed by atoms with van der Waals surface area (Å²) in [5.74, 6) is 0.237. The van der Waals surface area contributed by atoms with Crippen molar-refractivity contribution in [2.45, 2.75) is 45.8 Å². The van der Waals surface area contributed by atoms with Crippen molar-refractivity contribution >= 4 is 23.3 Å². The van der Waals surface area contributed by atoms with Crippen LogP contribution in [0.4, 0.5) is 5.69 Å². The van der Waals surface area contributed by atoms with Crippen molar-refractivity contribution in [2.75, 3.05) is 31.3 Å². The molecule has 0 aromatic heterocycles. The first-order chi connectivity index (χ1) is 16.3. The van der Waals surface area contributed by atoms with Crippen molar-refractivity contribution in [1.82, 2.24) is 5.32 Å². The molecular weight excluding hydrogens is 436 g/mol. The number of benzene rings is 2. The van der Waals surface area contributed by atoms with E-state index < -0.39 is 6.04 Å². The number of amides is 2. The number of ketones is 1. The summed E-state index contributed by atoms with van der Waals surface area (Å²) in [5.41, 5.74) is 2.83. The predicted molar refractivity (Wildman–Crippen MR) is 127 cm³/mol. The molecule has 0 spiro atoms. The monoisotopic (exact) mass is 466 g/mol. The predicted octanol–water partition coefficient (Wildman–Crippen LogP) is 2.97. The molecule has 2 aliphatic heterocycles. The average Bonchev–Trinajstić information content (AvgIpc) is 3.36. The molecule has 2 amide bonds. The lowest BCUT2D eigenvalue weighted by Crippen LogP contribution is -2.52. The van der Waals surface area contributed by atoms with Crippen molar-refractivity contribution in [3.05, 3.63) is 53.1 Å². The topological polar surface area (TPSA) is 94.2 Å². The Bertz CT molecular complexity index is 1090. The summed E-state index contributed by atoms with van der Waals surface area (Å²) in [5, 5.41) is 2.87. The minimum absolute atomic E-state index is 0.00471. The quantitative estimate of drug-likeness (QED) is 0.601. The van der Waals surface area contributed by atoms with Gasteiger partial charge in [0.2, 0.25) is 5.91 Å². The number of anilines is 1. The zero-order chi connectivity index (χ0) is 24.2. The van der Waals surface area contributed by atoms with Gasteiger partial charge in [0.05, 0.1) is 11.8 Å². The number of nitrogens with one attached hydrogen (secondary N) is 1. The summed E-state index contributed by atoms with van der Waals surface area (Å²) in [4.78, 5) is 39.8. The highest BCUT2D eigenvalue weighted by Crippen LogP contribution is 2.34. The van der Waals surface area contributed by atoms with E-state index in [2.05, 4.69) is 5.32 Å². The van der Waals surface area contributed by atoms with E-state index in [1.165, 1.54) is 4.90 Å². The second kappa shape index (κ2) is 10.3. The summed E-state index contributed by atoms with van der Waals surface area (Å²) in [6.07, 6.45) is 1.89. The van der Waals surface area contributed by atoms with E-state index in [-0.39, 0.29) is 36.9 Å². The molecule has 180 valence electrons. The third-order valence-corrected chi connectivity index (χ3v) is 6.37. The average molecular weight is 467 g/mol. The van der Waals surface area contributed by atoms with Crippen LogP contribution >= 0.6 is 0 Å². The normalized spacial score (nSPS) is 18.1. The standard InChI is InChI=1S/C26H30N2O6/c1-16-6-4-8-23(17(16)2)33-14-22(29)19-9-10-24-21(12-19)28(25(30)15-34-24)18(3)26(31)27-13-20-7-5-11-32-20/h4,6,8-10,12,18,20H,5,7,11,13-15H2,1-3H3,(H,27,31)/t18-,20+/m1/s1. The molecule has 0 aliphatic carbocycles. The van der Waals surface area contributed by atoms with Crippen LogP contribution < -0.4 is 19.7 Å². The lowest BCUT2D eigenvalue weighted by Gasteiger charge is -2.33. The van der Waals surface area contributed by atoms with Crippen molar-refractivity contribution in [2.24, 2.45) is 0 Å². The molecule has 0 saturated carbocycles. The molecule has 4 rings (SSSR count). The molecule has 0 radical (unpaired) electrons. The maximum atomic E-state index is 12.9. The van der Waals surface area contributed by atoms with Crippen LogP contribution in [0.5, 0.6) is 11.5 Å². The number of carbonyl (C=O) groups excluding carboxylic acids is 3. The number of fused-ring (bicyclic) bond motifs is 1. The van der Waals surface area contributed by atoms with Gasteiger partial charge in [-0.3, -0.25) is 19.3 Å². The fourth-order valence-electron chi connectivity index (χ4n) is 4.16. The minimum atomic E-state index is -0.770. The van der Waals surface area contributed by atoms with Crippen LogP contribution in [0.1, 0.15) is 41.3 Å². The van der Waals surface area contributed by atoms with E-state index in [0.717, 1.165) is 24.0 Å². The molecule has 0 bridgehead atoms. The van der Waals surface area contributed by atoms with E-state index in [1.54, 1.807) is 25.1 Å². The summed E-state index contributed by atoms with van der Waals surface area (Å²) < 4.78 is 16.9. The van der Waals surface area contributed by atoms with E-state index >= 15 is 0 Å². The summed E-state index contributed by atoms with van der Waals surface area (Å²) in [6.45, 7) is 6.39. The van der Waals surface area contributed by atoms with Crippen molar-refractivity contribution in [3.8, 4) is 11.5 Å². The number of aryl methyl sites for hydroxylation is 1. The molecule has 8 heteroatoms. The fraction of sp³-hybridized carbons (Fsp3) is 0.423. The Kier molecular flexibility index (Phi) is 7.17. The molecule has 2 aliphatic rings. The third kappa shape index (κ3) is 5.07. The second-order valence-corrected chi connectivity index (χ2v) is 8.70. The van der Waals surface area contributed by atoms with Crippen LogP contribution in [-0.4, -0.2) is 56.1 Å². The highest BCUT2D eigenvalue weighted by atomic mass is 16.5. The van der Waals surface area contributed by atoms with Crippen LogP contribution in [0, 0.1) is 13.8 Å². The Labute approximate surface area is 199 Å². The molecular formula is C26H30N2O6. The van der Waals surface area contributed by atoms with Crippen LogP contribution in [0.15, 0.2) is 36.4 Å². The summed E-state index contributed by atoms with van der Waals surface area (Å²) in [6, 6.07) is 9.80. The number of rotatable bonds is 8. The number of ether oxygens (including phenoxy) is 3. The Morgan fingerprint density at radius 3 is 2.82 bits per heavy atom. The van der Waals surface area contributed by atoms with E-state index in [0.29, 0.717) is 35.9 Å². The SMILES string of the molecule is Cc1cccc(OCC(=O)c2ccc3c(c2)N([C@H](C)C(=O)NC[C@@H]2CCCO2)C(=O)CO3)c1C. The zero-order valence-corrected chi connectivity index (χ0v) is 19.8. The van der Waals surface area contributed by atoms with Crippen molar-refractivity contribution in [1.29, 1.82) is 0 Å². The first kappa shape index (κ1) is 23.8. The molecule has 2 aromatic carbocycles. The molecule has 8 nitrogen and oxygen atoms in total. The lowest BCUT2D eigenvalue weighted by molar-refractivity contribution is -0.127. The molecule has 0 unspecified atom stereocenters. The highest BCUT2D eigenvalue weighted by Gasteiger charge is 2.34. The lowest BCUT2D eigenvalue weighted by atomic mass is 10.1. The van der Waals surface area contributed by atoms with Crippen molar-refractivity contribution in [3.63, 3.8) is 0 Å². The third-order valence-electron chi connectivity index (χ3n) is 6.37. The molecule has 2 aromatic rings. The molecule has 34 heavy (non-hydrogen) atoms. The Morgan fingerprint density at radius 1 is 1.24 bits per heavy atom. The smallest absolute Gasteiger partial charge is 0.265 e. The van der Waals surface area contributed by atoms with Crippen LogP contribution in [0.3, 0.4) is 0 Å². The van der Waals surface area contributed by atoms with Gasteiger partial charge in [-0.1, -0.05) is 12.1 Å². The van der Waals surface area contributed by atoms with Gasteiger partial charge >= 0.3 is 0 Å². The number of Topliss-reactive ketones (excluding diaryl/α,β-unsaturated/α-hetero) is 1. The number of hydrogen-bond acceptors (Lipinski definition) is 6. The van der Waals surface area contributed by atoms with Gasteiger partial charge in [0.15, 0.2) is 19.0 Å². The van der Waals surface area contributed by atoms with Gasteiger partial charge in [-0.15, -0.1) is 0 Å². The van der Waals surface area contributed by atoms with Gasteiger partial charge < -0.3 is 19.5 Å². The summed E-state index contributed by atoms with van der Waals surface area (Å²) in [7, 11) is 0. The Balaban J connectivity index is 1.48. The van der Waals surface area contributed by atoms with Gasteiger partial charge in [-0.25, -0.2) is 0 Å². The van der Waals surface area contributed by atoms with E-state index in [9.17, 15) is 14.4 Å². The van der Waals surface area contributed by atoms with Crippen LogP contribution in [0.2, 0.25) is 0 Å². The van der Waals surface area contributed by atoms with Gasteiger partial charge in [0.25, 0.3) is 5.91 Å². The highest BCUT2D eigenvalue weighted by molar-refractivity contribution is 6.05. The largest absolute Gasteiger partial charge is 0.485 e. The zero-order valence-electron chi connectivity index (χ0n) is 19.8. The number of nitrogens with zero attached hydrogens (tertiary/aromatic N) is 1. The van der Waals surface area contributed by atoms with E-state index in [4.69, 9.17) is 14.2 Å². The molecule has 1 fully saturated rings. The molecule has 2 heterocycles. The van der Waals surface area contributed by atoms with E-state index in [1.807, 2.05) is 32.0 Å². The molecule has 2 atom stereocenters. The first-order valence-corrected chi connectivity index (χ1v) is 11.6. The fourth-order valence-corrected chi connectivity index (χ4v) is 4.16. The second-order valence-electron chi connectivity index (χ2n) is 8.70. The van der Waals surface area contributed by atoms with Crippen LogP contribution in [-0.2, 0) is 14.3 Å². The molecule has 1 saturated heterocycles. The maximum absolute atomic E-state index is 12.9. The first-order valence-electron chi connectivity index (χ1n) is 11.6. The number of carbonyl (C=O) groups is 3. The van der Waals surface area contributed by atoms with Crippen LogP contribution in [0.25, 0.3) is 0 Å². The van der Waals surface area contributed by atoms with Gasteiger partial charge in [-0.05, 0) is 69.0 Å². The Morgan fingerprint density at radius 2 is 2.06 bits per heavy atom. The Hall–Kier alpha value is -3.39. The van der Waals surface area contributed by atoms with Crippen molar-refractivity contribution < 1.29 is 28.6 Å². The molecule has 1 N–H and O–H groups in total. The van der Waals surface area contributed by atoms with Gasteiger partial charge in [-0.2, -0.15) is 0 Å². The van der Waals surface area contributed by atoms with Gasteiger partial charge in [0.1, 0.15) is 17.5 Å². The maximum Gasteiger partial charge on any atom is 0.265 e. The summed E-state index contributed by atoms with van der Waals surface area (Å²) >= 11 is 0. The number of hydrogen-bond donors (Lipinski definition) is 1. The minimum Gasteiger partial charge on any atom is -0.485 e. The van der Waals surface area contributed by atoms with Gasteiger partial charge in [0, 0.05) is 18.7 Å².